The van der Waals surface area contributed by atoms with Crippen molar-refractivity contribution in [2.75, 3.05) is 7.05 Å². The molecule has 0 unspecified atom stereocenters. The van der Waals surface area contributed by atoms with E-state index in [9.17, 15) is 19.5 Å². The predicted octanol–water partition coefficient (Wildman–Crippen LogP) is 5.10. The number of amides is 1. The topological polar surface area (TPSA) is 125 Å². The lowest BCUT2D eigenvalue weighted by Gasteiger charge is -2.24. The largest absolute Gasteiger partial charge is 0.480 e. The van der Waals surface area contributed by atoms with E-state index in [1.54, 1.807) is 36.5 Å². The fourth-order valence-corrected chi connectivity index (χ4v) is 4.58. The number of H-pyrrole nitrogens is 1. The van der Waals surface area contributed by atoms with Crippen molar-refractivity contribution in [2.24, 2.45) is 0 Å². The molecule has 10 heteroatoms. The summed E-state index contributed by atoms with van der Waals surface area (Å²) < 4.78 is 12.4. The number of carbonyl (C=O) groups is 2. The zero-order valence-electron chi connectivity index (χ0n) is 20.1. The van der Waals surface area contributed by atoms with Gasteiger partial charge >= 0.3 is 11.9 Å². The third kappa shape index (κ3) is 5.04. The molecule has 5 rings (SSSR count). The van der Waals surface area contributed by atoms with E-state index in [0.717, 1.165) is 22.5 Å². The Morgan fingerprint density at radius 1 is 1.08 bits per heavy atom. The van der Waals surface area contributed by atoms with Gasteiger partial charge in [-0.1, -0.05) is 36.4 Å². The number of halogens is 1. The first kappa shape index (κ1) is 25.2. The summed E-state index contributed by atoms with van der Waals surface area (Å²) in [6.07, 6.45) is 1.89. The summed E-state index contributed by atoms with van der Waals surface area (Å²) in [5.41, 5.74) is 3.89. The molecule has 3 N–H and O–H groups in total. The summed E-state index contributed by atoms with van der Waals surface area (Å²) in [6.45, 7) is 0. The first-order valence-electron chi connectivity index (χ1n) is 11.6. The highest BCUT2D eigenvalue weighted by Crippen LogP contribution is 2.32. The number of ether oxygens (including phenoxy) is 1. The maximum atomic E-state index is 13.0. The fraction of sp³-hybridized carbons (Fsp3) is 0.107. The van der Waals surface area contributed by atoms with E-state index in [-0.39, 0.29) is 28.9 Å². The normalized spacial score (nSPS) is 12.1. The molecule has 0 saturated heterocycles. The van der Waals surface area contributed by atoms with Crippen LogP contribution >= 0.6 is 15.9 Å². The molecule has 38 heavy (non-hydrogen) atoms. The molecule has 0 fully saturated rings. The highest BCUT2D eigenvalue weighted by Gasteiger charge is 2.27. The Morgan fingerprint density at radius 3 is 2.61 bits per heavy atom. The van der Waals surface area contributed by atoms with Gasteiger partial charge < -0.3 is 19.2 Å². The lowest BCUT2D eigenvalue weighted by molar-refractivity contribution is -0.143. The summed E-state index contributed by atoms with van der Waals surface area (Å²) in [5, 5.41) is 12.1. The van der Waals surface area contributed by atoms with Crippen LogP contribution in [0.25, 0.3) is 21.9 Å². The average Bonchev–Trinajstić information content (AvgIpc) is 3.31. The van der Waals surface area contributed by atoms with Crippen LogP contribution in [-0.2, 0) is 11.2 Å². The van der Waals surface area contributed by atoms with Crippen LogP contribution in [0.5, 0.6) is 11.5 Å². The number of benzene rings is 3. The number of nitrogens with one attached hydrogen (secondary N) is 2. The SMILES string of the molecule is CN(NC(=O)c1cc(=O)c2c(Oc3ccccc3Br)cccc2o1)[C@@H](Cc1c[nH]c2ccccc12)C(=O)O. The number of carboxylic acid groups (broad SMARTS) is 1. The number of para-hydroxylation sites is 2. The molecule has 0 radical (unpaired) electrons. The van der Waals surface area contributed by atoms with Crippen molar-refractivity contribution in [3.05, 3.63) is 105 Å². The van der Waals surface area contributed by atoms with Crippen molar-refractivity contribution < 1.29 is 23.8 Å². The standard InChI is InChI=1S/C28H22BrN3O6/c1-32(20(28(35)36)13-16-15-30-19-9-4-2-7-17(16)19)31-27(34)25-14-21(33)26-23(11-6-12-24(26)38-25)37-22-10-5-3-8-18(22)29/h2-12,14-15,20,30H,13H2,1H3,(H,31,34)(H,35,36)/t20-/m0/s1. The Bertz CT molecular complexity index is 1730. The van der Waals surface area contributed by atoms with Crippen LogP contribution < -0.4 is 15.6 Å². The first-order chi connectivity index (χ1) is 18.3. The zero-order chi connectivity index (χ0) is 26.8. The van der Waals surface area contributed by atoms with Crippen molar-refractivity contribution in [2.45, 2.75) is 12.5 Å². The number of hydrogen-bond donors (Lipinski definition) is 3. The Hall–Kier alpha value is -4.41. The van der Waals surface area contributed by atoms with Crippen molar-refractivity contribution in [1.82, 2.24) is 15.4 Å². The smallest absolute Gasteiger partial charge is 0.323 e. The van der Waals surface area contributed by atoms with Gasteiger partial charge in [0.05, 0.1) is 4.47 Å². The second kappa shape index (κ2) is 10.5. The number of likely N-dealkylation sites (N-methyl/N-ethyl adjacent to an activating group) is 1. The number of aromatic nitrogens is 1. The Labute approximate surface area is 224 Å². The lowest BCUT2D eigenvalue weighted by Crippen LogP contribution is -2.50. The van der Waals surface area contributed by atoms with Gasteiger partial charge in [0.2, 0.25) is 0 Å². The maximum Gasteiger partial charge on any atom is 0.323 e. The average molecular weight is 576 g/mol. The summed E-state index contributed by atoms with van der Waals surface area (Å²) in [6, 6.07) is 19.6. The van der Waals surface area contributed by atoms with E-state index in [1.165, 1.54) is 12.1 Å². The van der Waals surface area contributed by atoms with Gasteiger partial charge in [-0.2, -0.15) is 0 Å². The monoisotopic (exact) mass is 575 g/mol. The number of rotatable bonds is 8. The van der Waals surface area contributed by atoms with Crippen LogP contribution in [0.15, 0.2) is 92.7 Å². The van der Waals surface area contributed by atoms with E-state index in [0.29, 0.717) is 10.2 Å². The second-order valence-corrected chi connectivity index (χ2v) is 9.46. The molecule has 5 aromatic rings. The van der Waals surface area contributed by atoms with Crippen LogP contribution in [0, 0.1) is 0 Å². The van der Waals surface area contributed by atoms with Crippen LogP contribution in [-0.4, -0.2) is 40.1 Å². The lowest BCUT2D eigenvalue weighted by atomic mass is 10.0. The number of hydrogen-bond acceptors (Lipinski definition) is 6. The van der Waals surface area contributed by atoms with Gasteiger partial charge in [0.25, 0.3) is 0 Å². The number of fused-ring (bicyclic) bond motifs is 2. The van der Waals surface area contributed by atoms with E-state index < -0.39 is 23.3 Å². The van der Waals surface area contributed by atoms with E-state index in [2.05, 4.69) is 26.3 Å². The highest BCUT2D eigenvalue weighted by atomic mass is 79.9. The van der Waals surface area contributed by atoms with Gasteiger partial charge in [-0.25, -0.2) is 5.01 Å². The Balaban J connectivity index is 1.38. The van der Waals surface area contributed by atoms with Gasteiger partial charge in [0.15, 0.2) is 11.2 Å². The molecule has 0 aliphatic rings. The van der Waals surface area contributed by atoms with E-state index in [4.69, 9.17) is 9.15 Å². The number of aliphatic carboxylic acids is 1. The molecular weight excluding hydrogens is 554 g/mol. The molecule has 2 heterocycles. The van der Waals surface area contributed by atoms with E-state index >= 15 is 0 Å². The number of nitrogens with zero attached hydrogens (tertiary/aromatic N) is 1. The molecule has 3 aromatic carbocycles. The second-order valence-electron chi connectivity index (χ2n) is 8.61. The number of hydrazine groups is 1. The molecular formula is C28H22BrN3O6. The molecule has 0 spiro atoms. The summed E-state index contributed by atoms with van der Waals surface area (Å²) in [5.74, 6) is -1.35. The van der Waals surface area contributed by atoms with Gasteiger partial charge in [-0.3, -0.25) is 19.8 Å². The first-order valence-corrected chi connectivity index (χ1v) is 12.4. The zero-order valence-corrected chi connectivity index (χ0v) is 21.7. The third-order valence-electron chi connectivity index (χ3n) is 6.12. The van der Waals surface area contributed by atoms with Crippen LogP contribution in [0.1, 0.15) is 16.1 Å². The Kier molecular flexibility index (Phi) is 6.99. The van der Waals surface area contributed by atoms with Crippen molar-refractivity contribution in [3.63, 3.8) is 0 Å². The van der Waals surface area contributed by atoms with Crippen molar-refractivity contribution >= 4 is 49.7 Å². The quantitative estimate of drug-likeness (QED) is 0.220. The molecule has 0 saturated carbocycles. The van der Waals surface area contributed by atoms with E-state index in [1.807, 2.05) is 36.4 Å². The van der Waals surface area contributed by atoms with Crippen molar-refractivity contribution in [1.29, 1.82) is 0 Å². The summed E-state index contributed by atoms with van der Waals surface area (Å²) in [7, 11) is 1.45. The fourth-order valence-electron chi connectivity index (χ4n) is 4.21. The number of aromatic amines is 1. The third-order valence-corrected chi connectivity index (χ3v) is 6.77. The van der Waals surface area contributed by atoms with Crippen LogP contribution in [0.3, 0.4) is 0 Å². The van der Waals surface area contributed by atoms with Gasteiger partial charge in [0.1, 0.15) is 28.5 Å². The number of carbonyl (C=O) groups excluding carboxylic acids is 1. The van der Waals surface area contributed by atoms with Crippen molar-refractivity contribution in [3.8, 4) is 11.5 Å². The van der Waals surface area contributed by atoms with Crippen LogP contribution in [0.2, 0.25) is 0 Å². The molecule has 9 nitrogen and oxygen atoms in total. The molecule has 0 aliphatic carbocycles. The predicted molar refractivity (Wildman–Crippen MR) is 145 cm³/mol. The van der Waals surface area contributed by atoms with Gasteiger partial charge in [-0.05, 0) is 51.8 Å². The van der Waals surface area contributed by atoms with Gasteiger partial charge in [-0.15, -0.1) is 0 Å². The van der Waals surface area contributed by atoms with Crippen LogP contribution in [0.4, 0.5) is 0 Å². The molecule has 2 aromatic heterocycles. The number of carboxylic acids is 1. The molecule has 192 valence electrons. The van der Waals surface area contributed by atoms with Gasteiger partial charge in [0, 0.05) is 36.6 Å². The summed E-state index contributed by atoms with van der Waals surface area (Å²) in [4.78, 5) is 41.2. The Morgan fingerprint density at radius 2 is 1.82 bits per heavy atom. The molecule has 1 atom stereocenters. The minimum atomic E-state index is -1.12. The molecule has 0 aliphatic heterocycles. The molecule has 0 bridgehead atoms. The highest BCUT2D eigenvalue weighted by molar-refractivity contribution is 9.10. The maximum absolute atomic E-state index is 13.0. The molecule has 1 amide bonds. The summed E-state index contributed by atoms with van der Waals surface area (Å²) >= 11 is 3.41. The minimum absolute atomic E-state index is 0.132. The minimum Gasteiger partial charge on any atom is -0.480 e.